The molecule has 2 aromatic rings. The van der Waals surface area contributed by atoms with Gasteiger partial charge in [-0.15, -0.1) is 0 Å². The van der Waals surface area contributed by atoms with Gasteiger partial charge in [0, 0.05) is 32.7 Å². The van der Waals surface area contributed by atoms with E-state index in [0.29, 0.717) is 19.6 Å². The molecule has 28 heavy (non-hydrogen) atoms. The number of amides is 1. The van der Waals surface area contributed by atoms with E-state index in [0.717, 1.165) is 17.7 Å². The highest BCUT2D eigenvalue weighted by atomic mass is 32.2. The topological polar surface area (TPSA) is 69.7 Å². The van der Waals surface area contributed by atoms with Crippen molar-refractivity contribution in [2.45, 2.75) is 24.4 Å². The highest BCUT2D eigenvalue weighted by Crippen LogP contribution is 2.19. The second-order valence-electron chi connectivity index (χ2n) is 6.77. The van der Waals surface area contributed by atoms with Crippen LogP contribution in [0.25, 0.3) is 0 Å². The molecule has 1 amide bonds. The van der Waals surface area contributed by atoms with Crippen LogP contribution in [0, 0.1) is 5.82 Å². The fourth-order valence-corrected chi connectivity index (χ4v) is 4.61. The summed E-state index contributed by atoms with van der Waals surface area (Å²) < 4.78 is 39.8. The molecule has 0 bridgehead atoms. The molecule has 2 aromatic carbocycles. The van der Waals surface area contributed by atoms with Crippen molar-refractivity contribution in [3.05, 3.63) is 66.0 Å². The molecular weight excluding hydrogens is 381 g/mol. The molecule has 8 heteroatoms. The third kappa shape index (κ3) is 4.76. The SMILES string of the molecule is C[C@H](C(=O)NCc1ccccc1)N1CCN(S(=O)(=O)c2ccc(F)cc2)CC1. The summed E-state index contributed by atoms with van der Waals surface area (Å²) in [5.41, 5.74) is 1.03. The Morgan fingerprint density at radius 2 is 1.64 bits per heavy atom. The molecule has 1 aliphatic rings. The number of nitrogens with one attached hydrogen (secondary N) is 1. The maximum absolute atomic E-state index is 13.1. The molecule has 0 aromatic heterocycles. The van der Waals surface area contributed by atoms with E-state index in [1.54, 1.807) is 0 Å². The molecule has 0 saturated carbocycles. The molecule has 6 nitrogen and oxygen atoms in total. The minimum atomic E-state index is -3.65. The monoisotopic (exact) mass is 405 g/mol. The van der Waals surface area contributed by atoms with Crippen molar-refractivity contribution in [1.82, 2.24) is 14.5 Å². The highest BCUT2D eigenvalue weighted by molar-refractivity contribution is 7.89. The van der Waals surface area contributed by atoms with Gasteiger partial charge >= 0.3 is 0 Å². The summed E-state index contributed by atoms with van der Waals surface area (Å²) in [5, 5.41) is 2.92. The van der Waals surface area contributed by atoms with Crippen molar-refractivity contribution < 1.29 is 17.6 Å². The summed E-state index contributed by atoms with van der Waals surface area (Å²) in [6, 6.07) is 14.1. The number of halogens is 1. The number of carbonyl (C=O) groups excluding carboxylic acids is 1. The molecule has 1 aliphatic heterocycles. The van der Waals surface area contributed by atoms with Crippen LogP contribution in [0.15, 0.2) is 59.5 Å². The molecular formula is C20H24FN3O3S. The highest BCUT2D eigenvalue weighted by Gasteiger charge is 2.31. The average Bonchev–Trinajstić information content (AvgIpc) is 2.72. The quantitative estimate of drug-likeness (QED) is 0.796. The Bertz CT molecular complexity index is 896. The summed E-state index contributed by atoms with van der Waals surface area (Å²) in [7, 11) is -3.65. The van der Waals surface area contributed by atoms with Gasteiger partial charge in [-0.3, -0.25) is 9.69 Å². The Kier molecular flexibility index (Phi) is 6.43. The number of carbonyl (C=O) groups is 1. The second-order valence-corrected chi connectivity index (χ2v) is 8.71. The van der Waals surface area contributed by atoms with Crippen LogP contribution in [0.1, 0.15) is 12.5 Å². The van der Waals surface area contributed by atoms with Gasteiger partial charge in [0.2, 0.25) is 15.9 Å². The molecule has 1 N–H and O–H groups in total. The number of benzene rings is 2. The Balaban J connectivity index is 1.54. The van der Waals surface area contributed by atoms with Crippen molar-refractivity contribution >= 4 is 15.9 Å². The predicted molar refractivity (Wildman–Crippen MR) is 104 cm³/mol. The van der Waals surface area contributed by atoms with Gasteiger partial charge in [-0.1, -0.05) is 30.3 Å². The molecule has 0 unspecified atom stereocenters. The van der Waals surface area contributed by atoms with Gasteiger partial charge in [0.05, 0.1) is 10.9 Å². The number of hydrogen-bond acceptors (Lipinski definition) is 4. The molecule has 1 atom stereocenters. The minimum Gasteiger partial charge on any atom is -0.351 e. The fourth-order valence-electron chi connectivity index (χ4n) is 3.19. The van der Waals surface area contributed by atoms with Crippen molar-refractivity contribution in [1.29, 1.82) is 0 Å². The van der Waals surface area contributed by atoms with Crippen LogP contribution in [0.3, 0.4) is 0 Å². The predicted octanol–water partition coefficient (Wildman–Crippen LogP) is 1.84. The first-order chi connectivity index (χ1) is 13.4. The van der Waals surface area contributed by atoms with Crippen LogP contribution in [0.2, 0.25) is 0 Å². The molecule has 1 saturated heterocycles. The first kappa shape index (κ1) is 20.4. The molecule has 3 rings (SSSR count). The second kappa shape index (κ2) is 8.81. The number of piperazine rings is 1. The fraction of sp³-hybridized carbons (Fsp3) is 0.350. The third-order valence-corrected chi connectivity index (χ3v) is 6.87. The standard InChI is InChI=1S/C20H24FN3O3S/c1-16(20(25)22-15-17-5-3-2-4-6-17)23-11-13-24(14-12-23)28(26,27)19-9-7-18(21)8-10-19/h2-10,16H,11-15H2,1H3,(H,22,25)/t16-/m1/s1. The van der Waals surface area contributed by atoms with Crippen molar-refractivity contribution in [3.63, 3.8) is 0 Å². The number of hydrogen-bond donors (Lipinski definition) is 1. The van der Waals surface area contributed by atoms with E-state index in [9.17, 15) is 17.6 Å². The number of nitrogens with zero attached hydrogens (tertiary/aromatic N) is 2. The van der Waals surface area contributed by atoms with Gasteiger partial charge in [-0.2, -0.15) is 4.31 Å². The molecule has 0 radical (unpaired) electrons. The normalized spacial score (nSPS) is 17.2. The smallest absolute Gasteiger partial charge is 0.243 e. The number of rotatable bonds is 6. The van der Waals surface area contributed by atoms with E-state index in [4.69, 9.17) is 0 Å². The van der Waals surface area contributed by atoms with Gasteiger partial charge in [-0.25, -0.2) is 12.8 Å². The van der Waals surface area contributed by atoms with Crippen LogP contribution in [0.5, 0.6) is 0 Å². The zero-order chi connectivity index (χ0) is 20.1. The van der Waals surface area contributed by atoms with Gasteiger partial charge in [0.15, 0.2) is 0 Å². The lowest BCUT2D eigenvalue weighted by molar-refractivity contribution is -0.126. The molecule has 0 aliphatic carbocycles. The summed E-state index contributed by atoms with van der Waals surface area (Å²) in [6.07, 6.45) is 0. The first-order valence-electron chi connectivity index (χ1n) is 9.19. The van der Waals surface area contributed by atoms with Crippen LogP contribution < -0.4 is 5.32 Å². The Morgan fingerprint density at radius 3 is 2.25 bits per heavy atom. The zero-order valence-electron chi connectivity index (χ0n) is 15.7. The van der Waals surface area contributed by atoms with Gasteiger partial charge in [0.25, 0.3) is 0 Å². The van der Waals surface area contributed by atoms with Crippen molar-refractivity contribution in [2.24, 2.45) is 0 Å². The average molecular weight is 405 g/mol. The van der Waals surface area contributed by atoms with Crippen LogP contribution >= 0.6 is 0 Å². The van der Waals surface area contributed by atoms with Gasteiger partial charge in [-0.05, 0) is 36.8 Å². The molecule has 1 heterocycles. The Labute approximate surface area is 165 Å². The summed E-state index contributed by atoms with van der Waals surface area (Å²) >= 11 is 0. The van der Waals surface area contributed by atoms with E-state index in [-0.39, 0.29) is 29.9 Å². The first-order valence-corrected chi connectivity index (χ1v) is 10.6. The minimum absolute atomic E-state index is 0.0796. The lowest BCUT2D eigenvalue weighted by Crippen LogP contribution is -2.54. The zero-order valence-corrected chi connectivity index (χ0v) is 16.5. The lowest BCUT2D eigenvalue weighted by Gasteiger charge is -2.36. The summed E-state index contributed by atoms with van der Waals surface area (Å²) in [6.45, 7) is 3.78. The summed E-state index contributed by atoms with van der Waals surface area (Å²) in [4.78, 5) is 14.5. The van der Waals surface area contributed by atoms with Crippen LogP contribution in [-0.4, -0.2) is 55.8 Å². The van der Waals surface area contributed by atoms with E-state index in [1.807, 2.05) is 42.2 Å². The third-order valence-electron chi connectivity index (χ3n) is 4.96. The van der Waals surface area contributed by atoms with E-state index >= 15 is 0 Å². The van der Waals surface area contributed by atoms with Gasteiger partial charge in [0.1, 0.15) is 5.82 Å². The Morgan fingerprint density at radius 1 is 1.04 bits per heavy atom. The van der Waals surface area contributed by atoms with E-state index in [1.165, 1.54) is 16.4 Å². The molecule has 0 spiro atoms. The van der Waals surface area contributed by atoms with Crippen molar-refractivity contribution in [2.75, 3.05) is 26.2 Å². The Hall–Kier alpha value is -2.29. The maximum atomic E-state index is 13.1. The lowest BCUT2D eigenvalue weighted by atomic mass is 10.2. The van der Waals surface area contributed by atoms with Gasteiger partial charge < -0.3 is 5.32 Å². The van der Waals surface area contributed by atoms with E-state index < -0.39 is 15.8 Å². The van der Waals surface area contributed by atoms with Crippen LogP contribution in [0.4, 0.5) is 4.39 Å². The summed E-state index contributed by atoms with van der Waals surface area (Å²) in [5.74, 6) is -0.558. The molecule has 150 valence electrons. The molecule has 1 fully saturated rings. The van der Waals surface area contributed by atoms with Crippen LogP contribution in [-0.2, 0) is 21.4 Å². The number of sulfonamides is 1. The maximum Gasteiger partial charge on any atom is 0.243 e. The van der Waals surface area contributed by atoms with E-state index in [2.05, 4.69) is 5.32 Å². The van der Waals surface area contributed by atoms with Crippen molar-refractivity contribution in [3.8, 4) is 0 Å². The largest absolute Gasteiger partial charge is 0.351 e.